The van der Waals surface area contributed by atoms with E-state index < -0.39 is 52.0 Å². The zero-order valence-corrected chi connectivity index (χ0v) is 23.2. The molecule has 4 fully saturated rings. The second kappa shape index (κ2) is 7.58. The Morgan fingerprint density at radius 2 is 1.53 bits per heavy atom. The lowest BCUT2D eigenvalue weighted by Crippen LogP contribution is -2.72. The fraction of sp³-hybridized carbons (Fsp3) is 0.900. The minimum Gasteiger partial charge on any atom is -0.481 e. The SMILES string of the molecule is C[C@@H]1CC[C@]2(C(=O)O)CC[C@]3(C)C(=CC[C@@H]4[C@]5(C)[C@H](CC[C@]43C)C(C)(C)[C@@H](O)[C@H](O)[C@@H]5O)[C@@H]2[C@]1(C)O. The molecular weight excluding hydrogens is 456 g/mol. The number of aliphatic hydroxyl groups is 4. The number of fused-ring (bicyclic) bond motifs is 7. The second-order valence-corrected chi connectivity index (χ2v) is 14.9. The largest absolute Gasteiger partial charge is 0.481 e. The minimum absolute atomic E-state index is 0.00890. The van der Waals surface area contributed by atoms with Gasteiger partial charge < -0.3 is 25.5 Å². The molecule has 0 aromatic heterocycles. The van der Waals surface area contributed by atoms with E-state index in [0.29, 0.717) is 25.7 Å². The third-order valence-electron chi connectivity index (χ3n) is 13.6. The van der Waals surface area contributed by atoms with Crippen LogP contribution in [0.1, 0.15) is 93.4 Å². The molecule has 0 aliphatic heterocycles. The molecule has 0 radical (unpaired) electrons. The Labute approximate surface area is 216 Å². The molecule has 5 rings (SSSR count). The van der Waals surface area contributed by atoms with E-state index >= 15 is 0 Å². The van der Waals surface area contributed by atoms with Crippen LogP contribution in [-0.2, 0) is 4.79 Å². The fourth-order valence-corrected chi connectivity index (χ4v) is 10.9. The molecule has 0 saturated heterocycles. The van der Waals surface area contributed by atoms with E-state index in [-0.39, 0.29) is 28.6 Å². The molecule has 5 aliphatic carbocycles. The molecule has 36 heavy (non-hydrogen) atoms. The first-order valence-corrected chi connectivity index (χ1v) is 14.1. The molecule has 5 N–H and O–H groups in total. The Kier molecular flexibility index (Phi) is 5.61. The standard InChI is InChI=1S/C30H48O6/c1-16-10-13-30(24(34)35)15-14-26(4)17(21(30)29(16,7)36)8-9-19-27(26,5)12-11-18-25(2,3)22(32)20(31)23(33)28(18,19)6/h8,16,18-23,31-33,36H,9-15H2,1-7H3,(H,34,35)/t16-,18-,19+,20+,21-,22+,23+,26-,27-,28+,29-,30+/m1/s1. The van der Waals surface area contributed by atoms with E-state index in [1.54, 1.807) is 0 Å². The smallest absolute Gasteiger partial charge is 0.310 e. The number of aliphatic carboxylic acids is 1. The highest BCUT2D eigenvalue weighted by Gasteiger charge is 2.73. The Morgan fingerprint density at radius 1 is 0.889 bits per heavy atom. The zero-order valence-electron chi connectivity index (χ0n) is 23.2. The first kappa shape index (κ1) is 26.6. The number of aliphatic hydroxyl groups excluding tert-OH is 3. The topological polar surface area (TPSA) is 118 Å². The summed E-state index contributed by atoms with van der Waals surface area (Å²) in [4.78, 5) is 12.8. The van der Waals surface area contributed by atoms with Crippen LogP contribution in [0.4, 0.5) is 0 Å². The Balaban J connectivity index is 1.67. The number of hydrogen-bond donors (Lipinski definition) is 5. The van der Waals surface area contributed by atoms with E-state index in [1.165, 1.54) is 0 Å². The Bertz CT molecular complexity index is 986. The van der Waals surface area contributed by atoms with Gasteiger partial charge in [0, 0.05) is 11.3 Å². The van der Waals surface area contributed by atoms with Gasteiger partial charge in [0.05, 0.1) is 23.2 Å². The van der Waals surface area contributed by atoms with Crippen molar-refractivity contribution in [2.45, 2.75) is 117 Å². The third-order valence-corrected chi connectivity index (χ3v) is 13.6. The molecule has 0 aromatic carbocycles. The molecule has 204 valence electrons. The van der Waals surface area contributed by atoms with Crippen LogP contribution >= 0.6 is 0 Å². The number of allylic oxidation sites excluding steroid dienone is 1. The number of carboxylic acid groups (broad SMARTS) is 1. The van der Waals surface area contributed by atoms with E-state index in [0.717, 1.165) is 24.8 Å². The predicted octanol–water partition coefficient (Wildman–Crippen LogP) is 4.15. The van der Waals surface area contributed by atoms with Crippen LogP contribution in [0.15, 0.2) is 11.6 Å². The molecule has 0 amide bonds. The molecule has 0 unspecified atom stereocenters. The van der Waals surface area contributed by atoms with Crippen molar-refractivity contribution in [2.75, 3.05) is 0 Å². The Hall–Kier alpha value is -0.950. The molecule has 0 heterocycles. The van der Waals surface area contributed by atoms with Gasteiger partial charge in [0.1, 0.15) is 6.10 Å². The molecule has 0 aromatic rings. The van der Waals surface area contributed by atoms with Gasteiger partial charge in [0.15, 0.2) is 0 Å². The van der Waals surface area contributed by atoms with Crippen molar-refractivity contribution >= 4 is 5.97 Å². The first-order valence-electron chi connectivity index (χ1n) is 14.1. The molecule has 0 spiro atoms. The monoisotopic (exact) mass is 504 g/mol. The summed E-state index contributed by atoms with van der Waals surface area (Å²) >= 11 is 0. The number of rotatable bonds is 1. The maximum Gasteiger partial charge on any atom is 0.310 e. The fourth-order valence-electron chi connectivity index (χ4n) is 10.9. The quantitative estimate of drug-likeness (QED) is 0.343. The molecule has 12 atom stereocenters. The summed E-state index contributed by atoms with van der Waals surface area (Å²) in [5, 5.41) is 55.9. The summed E-state index contributed by atoms with van der Waals surface area (Å²) in [6.07, 6.45) is 4.02. The Morgan fingerprint density at radius 3 is 2.14 bits per heavy atom. The molecule has 6 heteroatoms. The van der Waals surface area contributed by atoms with Crippen LogP contribution in [0.3, 0.4) is 0 Å². The number of hydrogen-bond acceptors (Lipinski definition) is 5. The average molecular weight is 505 g/mol. The van der Waals surface area contributed by atoms with E-state index in [2.05, 4.69) is 26.8 Å². The van der Waals surface area contributed by atoms with Crippen molar-refractivity contribution < 1.29 is 30.3 Å². The summed E-state index contributed by atoms with van der Waals surface area (Å²) in [6.45, 7) is 14.7. The van der Waals surface area contributed by atoms with Crippen LogP contribution in [-0.4, -0.2) is 55.4 Å². The summed E-state index contributed by atoms with van der Waals surface area (Å²) in [7, 11) is 0. The second-order valence-electron chi connectivity index (χ2n) is 14.9. The maximum atomic E-state index is 12.8. The van der Waals surface area contributed by atoms with Crippen molar-refractivity contribution in [2.24, 2.45) is 50.7 Å². The minimum atomic E-state index is -1.20. The highest BCUT2D eigenvalue weighted by Crippen LogP contribution is 2.76. The zero-order chi connectivity index (χ0) is 26.9. The van der Waals surface area contributed by atoms with Gasteiger partial charge in [-0.05, 0) is 85.9 Å². The molecule has 6 nitrogen and oxygen atoms in total. The molecule has 0 bridgehead atoms. The van der Waals surface area contributed by atoms with Crippen LogP contribution in [0.25, 0.3) is 0 Å². The van der Waals surface area contributed by atoms with Gasteiger partial charge in [0.2, 0.25) is 0 Å². The number of carbonyl (C=O) groups is 1. The summed E-state index contributed by atoms with van der Waals surface area (Å²) in [5.74, 6) is -1.10. The summed E-state index contributed by atoms with van der Waals surface area (Å²) in [6, 6.07) is 0. The highest BCUT2D eigenvalue weighted by atomic mass is 16.4. The van der Waals surface area contributed by atoms with Gasteiger partial charge in [-0.25, -0.2) is 0 Å². The van der Waals surface area contributed by atoms with Crippen molar-refractivity contribution in [1.29, 1.82) is 0 Å². The lowest BCUT2D eigenvalue weighted by Gasteiger charge is -2.72. The lowest BCUT2D eigenvalue weighted by atomic mass is 9.32. The van der Waals surface area contributed by atoms with Crippen molar-refractivity contribution in [1.82, 2.24) is 0 Å². The van der Waals surface area contributed by atoms with Crippen LogP contribution in [0, 0.1) is 50.7 Å². The van der Waals surface area contributed by atoms with E-state index in [4.69, 9.17) is 0 Å². The predicted molar refractivity (Wildman–Crippen MR) is 137 cm³/mol. The maximum absolute atomic E-state index is 12.8. The van der Waals surface area contributed by atoms with Crippen LogP contribution in [0.5, 0.6) is 0 Å². The van der Waals surface area contributed by atoms with Gasteiger partial charge in [-0.15, -0.1) is 0 Å². The van der Waals surface area contributed by atoms with Gasteiger partial charge in [-0.3, -0.25) is 4.79 Å². The highest BCUT2D eigenvalue weighted by molar-refractivity contribution is 5.77. The van der Waals surface area contributed by atoms with Gasteiger partial charge in [-0.1, -0.05) is 53.2 Å². The van der Waals surface area contributed by atoms with E-state index in [9.17, 15) is 30.3 Å². The molecule has 4 saturated carbocycles. The van der Waals surface area contributed by atoms with Gasteiger partial charge >= 0.3 is 5.97 Å². The number of carboxylic acids is 1. The molecular formula is C30H48O6. The van der Waals surface area contributed by atoms with Crippen molar-refractivity contribution in [3.05, 3.63) is 11.6 Å². The molecule has 5 aliphatic rings. The lowest BCUT2D eigenvalue weighted by molar-refractivity contribution is -0.279. The van der Waals surface area contributed by atoms with Gasteiger partial charge in [-0.2, -0.15) is 0 Å². The van der Waals surface area contributed by atoms with E-state index in [1.807, 2.05) is 27.7 Å². The summed E-state index contributed by atoms with van der Waals surface area (Å²) in [5.41, 5.74) is -2.63. The third kappa shape index (κ3) is 2.80. The summed E-state index contributed by atoms with van der Waals surface area (Å²) < 4.78 is 0. The van der Waals surface area contributed by atoms with Crippen molar-refractivity contribution in [3.63, 3.8) is 0 Å². The van der Waals surface area contributed by atoms with Gasteiger partial charge in [0.25, 0.3) is 0 Å². The van der Waals surface area contributed by atoms with Crippen LogP contribution < -0.4 is 0 Å². The average Bonchev–Trinajstić information content (AvgIpc) is 2.79. The normalized spacial score (nSPS) is 58.0. The first-order chi connectivity index (χ1) is 16.4. The van der Waals surface area contributed by atoms with Crippen LogP contribution in [0.2, 0.25) is 0 Å². The van der Waals surface area contributed by atoms with Crippen molar-refractivity contribution in [3.8, 4) is 0 Å².